The molecule has 0 aromatic heterocycles. The highest BCUT2D eigenvalue weighted by molar-refractivity contribution is 6.13. The lowest BCUT2D eigenvalue weighted by molar-refractivity contribution is -0.137. The number of amides is 5. The van der Waals surface area contributed by atoms with E-state index in [-0.39, 0.29) is 18.9 Å². The molecule has 4 N–H and O–H groups in total. The highest BCUT2D eigenvalue weighted by atomic mass is 16.2. The van der Waals surface area contributed by atoms with Crippen molar-refractivity contribution in [1.82, 2.24) is 15.5 Å². The van der Waals surface area contributed by atoms with Crippen LogP contribution in [0.25, 0.3) is 0 Å². The van der Waals surface area contributed by atoms with Crippen LogP contribution in [0.15, 0.2) is 12.2 Å². The van der Waals surface area contributed by atoms with Gasteiger partial charge in [0.05, 0.1) is 0 Å². The molecule has 5 amide bonds. The van der Waals surface area contributed by atoms with E-state index in [0.717, 1.165) is 17.1 Å². The van der Waals surface area contributed by atoms with E-state index in [0.29, 0.717) is 0 Å². The van der Waals surface area contributed by atoms with Gasteiger partial charge in [0.2, 0.25) is 17.7 Å². The molecule has 1 aliphatic rings. The molecule has 132 valence electrons. The summed E-state index contributed by atoms with van der Waals surface area (Å²) in [5, 5.41) is 4.96. The quantitative estimate of drug-likeness (QED) is 0.459. The van der Waals surface area contributed by atoms with Crippen molar-refractivity contribution in [3.63, 3.8) is 0 Å². The molecule has 1 heterocycles. The third-order valence-electron chi connectivity index (χ3n) is 3.51. The summed E-state index contributed by atoms with van der Waals surface area (Å²) in [6, 6.07) is -1.72. The lowest BCUT2D eigenvalue weighted by Crippen LogP contribution is -2.54. The van der Waals surface area contributed by atoms with Crippen LogP contribution in [-0.4, -0.2) is 53.1 Å². The predicted molar refractivity (Wildman–Crippen MR) is 84.0 cm³/mol. The molecule has 2 atom stereocenters. The second-order valence-electron chi connectivity index (χ2n) is 5.83. The first kappa shape index (κ1) is 19.3. The molecule has 0 saturated heterocycles. The van der Waals surface area contributed by atoms with Gasteiger partial charge in [0.1, 0.15) is 12.1 Å². The Hall–Kier alpha value is -2.71. The third-order valence-corrected chi connectivity index (χ3v) is 3.51. The minimum Gasteiger partial charge on any atom is -0.368 e. The van der Waals surface area contributed by atoms with Crippen LogP contribution in [0.4, 0.5) is 0 Å². The zero-order valence-corrected chi connectivity index (χ0v) is 13.9. The number of carbonyl (C=O) groups is 5. The Morgan fingerprint density at radius 3 is 2.08 bits per heavy atom. The SMILES string of the molecule is CC(NC(=O)[C@@H](NC(=O)CCN1C(=O)C=CC1=O)C(C)C)C(N)=O. The number of nitrogens with one attached hydrogen (secondary N) is 2. The van der Waals surface area contributed by atoms with Crippen LogP contribution in [0.2, 0.25) is 0 Å². The summed E-state index contributed by atoms with van der Waals surface area (Å²) in [6.45, 7) is 4.84. The van der Waals surface area contributed by atoms with Crippen molar-refractivity contribution in [1.29, 1.82) is 0 Å². The van der Waals surface area contributed by atoms with Crippen molar-refractivity contribution in [3.8, 4) is 0 Å². The van der Waals surface area contributed by atoms with Gasteiger partial charge >= 0.3 is 0 Å². The van der Waals surface area contributed by atoms with Crippen LogP contribution in [-0.2, 0) is 24.0 Å². The van der Waals surface area contributed by atoms with Crippen LogP contribution in [0.3, 0.4) is 0 Å². The number of nitrogens with two attached hydrogens (primary N) is 1. The first-order valence-corrected chi connectivity index (χ1v) is 7.56. The van der Waals surface area contributed by atoms with Gasteiger partial charge in [-0.3, -0.25) is 28.9 Å². The van der Waals surface area contributed by atoms with Crippen molar-refractivity contribution >= 4 is 29.5 Å². The fourth-order valence-corrected chi connectivity index (χ4v) is 2.02. The highest BCUT2D eigenvalue weighted by Gasteiger charge is 2.28. The molecule has 1 unspecified atom stereocenters. The van der Waals surface area contributed by atoms with Crippen molar-refractivity contribution < 1.29 is 24.0 Å². The third kappa shape index (κ3) is 5.18. The Balaban J connectivity index is 2.57. The first-order chi connectivity index (χ1) is 11.1. The van der Waals surface area contributed by atoms with Crippen LogP contribution < -0.4 is 16.4 Å². The Morgan fingerprint density at radius 1 is 1.08 bits per heavy atom. The number of hydrogen-bond donors (Lipinski definition) is 3. The lowest BCUT2D eigenvalue weighted by Gasteiger charge is -2.23. The molecule has 0 spiro atoms. The van der Waals surface area contributed by atoms with Gasteiger partial charge in [-0.25, -0.2) is 0 Å². The minimum atomic E-state index is -0.860. The summed E-state index contributed by atoms with van der Waals surface area (Å²) in [6.07, 6.45) is 2.15. The van der Waals surface area contributed by atoms with E-state index < -0.39 is 41.6 Å². The first-order valence-electron chi connectivity index (χ1n) is 7.56. The Bertz CT molecular complexity index is 566. The molecule has 0 aromatic carbocycles. The monoisotopic (exact) mass is 338 g/mol. The second-order valence-corrected chi connectivity index (χ2v) is 5.83. The van der Waals surface area contributed by atoms with E-state index in [1.165, 1.54) is 6.92 Å². The second kappa shape index (κ2) is 8.23. The molecular formula is C15H22N4O5. The van der Waals surface area contributed by atoms with Gasteiger partial charge in [-0.15, -0.1) is 0 Å². The zero-order chi connectivity index (χ0) is 18.4. The van der Waals surface area contributed by atoms with E-state index in [2.05, 4.69) is 10.6 Å². The largest absolute Gasteiger partial charge is 0.368 e. The number of hydrogen-bond acceptors (Lipinski definition) is 5. The van der Waals surface area contributed by atoms with Crippen molar-refractivity contribution in [3.05, 3.63) is 12.2 Å². The molecule has 0 fully saturated rings. The molecule has 0 saturated carbocycles. The molecule has 1 rings (SSSR count). The van der Waals surface area contributed by atoms with Crippen LogP contribution in [0.5, 0.6) is 0 Å². The number of imide groups is 1. The maximum absolute atomic E-state index is 12.1. The normalized spacial score (nSPS) is 16.2. The summed E-state index contributed by atoms with van der Waals surface area (Å²) < 4.78 is 0. The smallest absolute Gasteiger partial charge is 0.253 e. The molecule has 0 radical (unpaired) electrons. The number of primary amides is 1. The summed E-state index contributed by atoms with van der Waals surface area (Å²) in [7, 11) is 0. The molecule has 0 bridgehead atoms. The predicted octanol–water partition coefficient (Wildman–Crippen LogP) is -1.57. The summed E-state index contributed by atoms with van der Waals surface area (Å²) in [5.74, 6) is -2.87. The topological polar surface area (TPSA) is 139 Å². The van der Waals surface area contributed by atoms with Crippen LogP contribution in [0, 0.1) is 5.92 Å². The average molecular weight is 338 g/mol. The van der Waals surface area contributed by atoms with E-state index in [1.54, 1.807) is 13.8 Å². The zero-order valence-electron chi connectivity index (χ0n) is 13.9. The van der Waals surface area contributed by atoms with E-state index in [9.17, 15) is 24.0 Å². The molecule has 0 aliphatic carbocycles. The Labute approximate surface area is 139 Å². The maximum atomic E-state index is 12.1. The number of carbonyl (C=O) groups excluding carboxylic acids is 5. The molecule has 9 nitrogen and oxygen atoms in total. The fraction of sp³-hybridized carbons (Fsp3) is 0.533. The van der Waals surface area contributed by atoms with Crippen molar-refractivity contribution in [2.24, 2.45) is 11.7 Å². The van der Waals surface area contributed by atoms with Crippen LogP contribution in [0.1, 0.15) is 27.2 Å². The van der Waals surface area contributed by atoms with Gasteiger partial charge in [0.25, 0.3) is 11.8 Å². The van der Waals surface area contributed by atoms with Gasteiger partial charge in [-0.2, -0.15) is 0 Å². The van der Waals surface area contributed by atoms with Gasteiger partial charge in [0.15, 0.2) is 0 Å². The molecule has 9 heteroatoms. The van der Waals surface area contributed by atoms with E-state index in [1.807, 2.05) is 0 Å². The van der Waals surface area contributed by atoms with Gasteiger partial charge in [0, 0.05) is 25.1 Å². The molecule has 24 heavy (non-hydrogen) atoms. The van der Waals surface area contributed by atoms with Crippen molar-refractivity contribution in [2.45, 2.75) is 39.3 Å². The van der Waals surface area contributed by atoms with E-state index >= 15 is 0 Å². The van der Waals surface area contributed by atoms with E-state index in [4.69, 9.17) is 5.73 Å². The van der Waals surface area contributed by atoms with Gasteiger partial charge < -0.3 is 16.4 Å². The standard InChI is InChI=1S/C15H22N4O5/c1-8(2)13(15(24)17-9(3)14(16)23)18-10(20)6-7-19-11(21)4-5-12(19)22/h4-5,8-9,13H,6-7H2,1-3H3,(H2,16,23)(H,17,24)(H,18,20)/t9?,13-/m0/s1. The summed E-state index contributed by atoms with van der Waals surface area (Å²) in [4.78, 5) is 58.9. The average Bonchev–Trinajstić information content (AvgIpc) is 2.80. The fourth-order valence-electron chi connectivity index (χ4n) is 2.02. The molecule has 1 aliphatic heterocycles. The minimum absolute atomic E-state index is 0.0688. The Kier molecular flexibility index (Phi) is 6.63. The van der Waals surface area contributed by atoms with Crippen LogP contribution >= 0.6 is 0 Å². The van der Waals surface area contributed by atoms with Gasteiger partial charge in [-0.05, 0) is 12.8 Å². The molecular weight excluding hydrogens is 316 g/mol. The maximum Gasteiger partial charge on any atom is 0.253 e. The highest BCUT2D eigenvalue weighted by Crippen LogP contribution is 2.06. The Morgan fingerprint density at radius 2 is 1.62 bits per heavy atom. The van der Waals surface area contributed by atoms with Gasteiger partial charge in [-0.1, -0.05) is 13.8 Å². The molecule has 0 aromatic rings. The number of nitrogens with zero attached hydrogens (tertiary/aromatic N) is 1. The van der Waals surface area contributed by atoms with Crippen molar-refractivity contribution in [2.75, 3.05) is 6.54 Å². The summed E-state index contributed by atoms with van der Waals surface area (Å²) in [5.41, 5.74) is 5.09. The number of rotatable bonds is 8. The summed E-state index contributed by atoms with van der Waals surface area (Å²) >= 11 is 0. The lowest BCUT2D eigenvalue weighted by atomic mass is 10.0.